The molecule has 0 aliphatic heterocycles. The van der Waals surface area contributed by atoms with E-state index in [0.29, 0.717) is 18.8 Å². The summed E-state index contributed by atoms with van der Waals surface area (Å²) in [5.41, 5.74) is 3.64. The Balaban J connectivity index is 1.71. The summed E-state index contributed by atoms with van der Waals surface area (Å²) < 4.78 is 33.1. The molecule has 3 aromatic carbocycles. The van der Waals surface area contributed by atoms with E-state index in [1.807, 2.05) is 37.3 Å². The Morgan fingerprint density at radius 1 is 0.933 bits per heavy atom. The molecule has 0 fully saturated rings. The van der Waals surface area contributed by atoms with Crippen LogP contribution in [0.1, 0.15) is 27.0 Å². The van der Waals surface area contributed by atoms with Gasteiger partial charge in [-0.2, -0.15) is 0 Å². The molecule has 0 heterocycles. The lowest BCUT2D eigenvalue weighted by atomic mass is 10.1. The van der Waals surface area contributed by atoms with Crippen LogP contribution >= 0.6 is 0 Å². The molecule has 3 rings (SSSR count). The summed E-state index contributed by atoms with van der Waals surface area (Å²) in [6, 6.07) is 20.8. The van der Waals surface area contributed by atoms with Crippen molar-refractivity contribution in [1.82, 2.24) is 5.32 Å². The van der Waals surface area contributed by atoms with Gasteiger partial charge in [0, 0.05) is 24.9 Å². The highest BCUT2D eigenvalue weighted by atomic mass is 32.2. The van der Waals surface area contributed by atoms with E-state index >= 15 is 0 Å². The number of methoxy groups -OCH3 is 1. The van der Waals surface area contributed by atoms with Crippen molar-refractivity contribution >= 4 is 21.6 Å². The fourth-order valence-electron chi connectivity index (χ4n) is 3.01. The zero-order valence-electron chi connectivity index (χ0n) is 16.9. The van der Waals surface area contributed by atoms with E-state index in [9.17, 15) is 13.2 Å². The minimum Gasteiger partial charge on any atom is -0.380 e. The normalized spacial score (nSPS) is 11.1. The number of sulfonamides is 1. The SMILES string of the molecule is COCc1cccc(CNC(=O)c2cccc(S(=O)(=O)Nc3cccc(C)c3)c2)c1. The molecule has 6 nitrogen and oxygen atoms in total. The molecule has 3 aromatic rings. The summed E-state index contributed by atoms with van der Waals surface area (Å²) in [6.45, 7) is 2.71. The topological polar surface area (TPSA) is 84.5 Å². The van der Waals surface area contributed by atoms with E-state index in [-0.39, 0.29) is 16.4 Å². The fourth-order valence-corrected chi connectivity index (χ4v) is 4.10. The van der Waals surface area contributed by atoms with Gasteiger partial charge in [0.2, 0.25) is 0 Å². The number of ether oxygens (including phenoxy) is 1. The molecule has 0 spiro atoms. The highest BCUT2D eigenvalue weighted by Gasteiger charge is 2.16. The van der Waals surface area contributed by atoms with Gasteiger partial charge in [0.05, 0.1) is 11.5 Å². The van der Waals surface area contributed by atoms with E-state index in [0.717, 1.165) is 16.7 Å². The van der Waals surface area contributed by atoms with Crippen molar-refractivity contribution in [3.63, 3.8) is 0 Å². The standard InChI is InChI=1S/C23H24N2O4S/c1-17-6-3-10-21(12-17)25-30(27,28)22-11-5-9-20(14-22)23(26)24-15-18-7-4-8-19(13-18)16-29-2/h3-14,25H,15-16H2,1-2H3,(H,24,26). The van der Waals surface area contributed by atoms with Crippen LogP contribution in [0.25, 0.3) is 0 Å². The zero-order chi connectivity index (χ0) is 21.6. The van der Waals surface area contributed by atoms with Crippen molar-refractivity contribution < 1.29 is 17.9 Å². The highest BCUT2D eigenvalue weighted by molar-refractivity contribution is 7.92. The smallest absolute Gasteiger partial charge is 0.261 e. The van der Waals surface area contributed by atoms with E-state index in [4.69, 9.17) is 4.74 Å². The molecule has 0 atom stereocenters. The fraction of sp³-hybridized carbons (Fsp3) is 0.174. The van der Waals surface area contributed by atoms with Crippen molar-refractivity contribution in [2.24, 2.45) is 0 Å². The van der Waals surface area contributed by atoms with Crippen LogP contribution in [0.2, 0.25) is 0 Å². The molecule has 0 aromatic heterocycles. The Kier molecular flexibility index (Phi) is 6.87. The molecule has 156 valence electrons. The highest BCUT2D eigenvalue weighted by Crippen LogP contribution is 2.18. The van der Waals surface area contributed by atoms with Gasteiger partial charge in [0.15, 0.2) is 0 Å². The van der Waals surface area contributed by atoms with Crippen LogP contribution in [-0.4, -0.2) is 21.4 Å². The van der Waals surface area contributed by atoms with Crippen LogP contribution in [0.4, 0.5) is 5.69 Å². The Morgan fingerprint density at radius 2 is 1.67 bits per heavy atom. The zero-order valence-corrected chi connectivity index (χ0v) is 17.7. The third-order valence-corrected chi connectivity index (χ3v) is 5.81. The molecule has 0 aliphatic rings. The number of aryl methyl sites for hydroxylation is 1. The predicted octanol–water partition coefficient (Wildman–Crippen LogP) is 3.87. The van der Waals surface area contributed by atoms with Gasteiger partial charge < -0.3 is 10.1 Å². The number of hydrogen-bond donors (Lipinski definition) is 2. The van der Waals surface area contributed by atoms with Crippen LogP contribution < -0.4 is 10.0 Å². The van der Waals surface area contributed by atoms with Crippen LogP contribution in [0.5, 0.6) is 0 Å². The molecule has 0 saturated heterocycles. The van der Waals surface area contributed by atoms with Gasteiger partial charge in [0.1, 0.15) is 0 Å². The maximum Gasteiger partial charge on any atom is 0.261 e. The largest absolute Gasteiger partial charge is 0.380 e. The van der Waals surface area contributed by atoms with Gasteiger partial charge in [-0.15, -0.1) is 0 Å². The van der Waals surface area contributed by atoms with Crippen LogP contribution in [-0.2, 0) is 27.9 Å². The molecule has 1 amide bonds. The van der Waals surface area contributed by atoms with Crippen LogP contribution in [0, 0.1) is 6.92 Å². The van der Waals surface area contributed by atoms with E-state index < -0.39 is 10.0 Å². The Bertz CT molecular complexity index is 1140. The number of anilines is 1. The Morgan fingerprint density at radius 3 is 2.43 bits per heavy atom. The van der Waals surface area contributed by atoms with Gasteiger partial charge in [-0.3, -0.25) is 9.52 Å². The number of carbonyl (C=O) groups is 1. The molecular weight excluding hydrogens is 400 g/mol. The summed E-state index contributed by atoms with van der Waals surface area (Å²) >= 11 is 0. The van der Waals surface area contributed by atoms with Gasteiger partial charge in [0.25, 0.3) is 15.9 Å². The molecule has 30 heavy (non-hydrogen) atoms. The minimum absolute atomic E-state index is 0.0266. The number of benzene rings is 3. The quantitative estimate of drug-likeness (QED) is 0.575. The second-order valence-corrected chi connectivity index (χ2v) is 8.62. The maximum atomic E-state index is 12.7. The number of nitrogens with one attached hydrogen (secondary N) is 2. The average Bonchev–Trinajstić information content (AvgIpc) is 2.72. The van der Waals surface area contributed by atoms with Gasteiger partial charge in [-0.05, 0) is 53.9 Å². The molecular formula is C23H24N2O4S. The lowest BCUT2D eigenvalue weighted by Gasteiger charge is -2.11. The molecule has 0 unspecified atom stereocenters. The monoisotopic (exact) mass is 424 g/mol. The van der Waals surface area contributed by atoms with Crippen LogP contribution in [0.15, 0.2) is 77.7 Å². The number of amides is 1. The van der Waals surface area contributed by atoms with Crippen molar-refractivity contribution in [2.75, 3.05) is 11.8 Å². The Labute approximate surface area is 177 Å². The molecule has 2 N–H and O–H groups in total. The van der Waals surface area contributed by atoms with E-state index in [1.54, 1.807) is 37.4 Å². The average molecular weight is 425 g/mol. The summed E-state index contributed by atoms with van der Waals surface area (Å²) in [6.07, 6.45) is 0. The van der Waals surface area contributed by atoms with E-state index in [2.05, 4.69) is 10.0 Å². The maximum absolute atomic E-state index is 12.7. The second kappa shape index (κ2) is 9.56. The summed E-state index contributed by atoms with van der Waals surface area (Å²) in [7, 11) is -2.18. The first kappa shape index (κ1) is 21.5. The van der Waals surface area contributed by atoms with Gasteiger partial charge in [-0.1, -0.05) is 42.5 Å². The summed E-state index contributed by atoms with van der Waals surface area (Å²) in [5.74, 6) is -0.347. The van der Waals surface area contributed by atoms with Crippen molar-refractivity contribution in [3.05, 3.63) is 95.1 Å². The molecule has 7 heteroatoms. The second-order valence-electron chi connectivity index (χ2n) is 6.94. The van der Waals surface area contributed by atoms with Crippen LogP contribution in [0.3, 0.4) is 0 Å². The molecule has 0 aliphatic carbocycles. The predicted molar refractivity (Wildman–Crippen MR) is 117 cm³/mol. The molecule has 0 saturated carbocycles. The third-order valence-electron chi connectivity index (χ3n) is 4.43. The first-order valence-corrected chi connectivity index (χ1v) is 10.9. The summed E-state index contributed by atoms with van der Waals surface area (Å²) in [4.78, 5) is 12.6. The summed E-state index contributed by atoms with van der Waals surface area (Å²) in [5, 5.41) is 2.83. The van der Waals surface area contributed by atoms with Gasteiger partial charge >= 0.3 is 0 Å². The van der Waals surface area contributed by atoms with Crippen molar-refractivity contribution in [1.29, 1.82) is 0 Å². The number of rotatable bonds is 8. The minimum atomic E-state index is -3.81. The number of hydrogen-bond acceptors (Lipinski definition) is 4. The van der Waals surface area contributed by atoms with E-state index in [1.165, 1.54) is 12.1 Å². The van der Waals surface area contributed by atoms with Gasteiger partial charge in [-0.25, -0.2) is 8.42 Å². The third kappa shape index (κ3) is 5.68. The number of carbonyl (C=O) groups excluding carboxylic acids is 1. The Hall–Kier alpha value is -3.16. The first-order chi connectivity index (χ1) is 14.4. The lowest BCUT2D eigenvalue weighted by Crippen LogP contribution is -2.23. The first-order valence-electron chi connectivity index (χ1n) is 9.42. The van der Waals surface area contributed by atoms with Crippen molar-refractivity contribution in [2.45, 2.75) is 25.0 Å². The van der Waals surface area contributed by atoms with Crippen molar-refractivity contribution in [3.8, 4) is 0 Å². The molecule has 0 radical (unpaired) electrons. The lowest BCUT2D eigenvalue weighted by molar-refractivity contribution is 0.0950. The molecule has 0 bridgehead atoms.